The van der Waals surface area contributed by atoms with E-state index in [9.17, 15) is 19.5 Å². The molecule has 558 valence electrons. The molecule has 0 rings (SSSR count). The van der Waals surface area contributed by atoms with E-state index >= 15 is 0 Å². The zero-order valence-electron chi connectivity index (χ0n) is 63.8. The van der Waals surface area contributed by atoms with E-state index in [0.717, 1.165) is 141 Å². The molecule has 9 nitrogen and oxygen atoms in total. The highest BCUT2D eigenvalue weighted by atomic mass is 16.7. The number of nitrogens with zero attached hydrogens (tertiary/aromatic N) is 1. The van der Waals surface area contributed by atoms with Crippen molar-refractivity contribution in [2.75, 3.05) is 47.5 Å². The third kappa shape index (κ3) is 79.3. The summed E-state index contributed by atoms with van der Waals surface area (Å²) in [6, 6.07) is 0. The number of carbonyl (C=O) groups is 3. The molecule has 0 aromatic rings. The van der Waals surface area contributed by atoms with Gasteiger partial charge in [0.25, 0.3) is 6.29 Å². The molecule has 0 heterocycles. The van der Waals surface area contributed by atoms with Gasteiger partial charge in [-0.1, -0.05) is 337 Å². The molecule has 9 heteroatoms. The topological polar surface area (TPSA) is 108 Å². The molecule has 0 aromatic heterocycles. The van der Waals surface area contributed by atoms with Crippen LogP contribution in [0.2, 0.25) is 0 Å². The van der Waals surface area contributed by atoms with Crippen LogP contribution in [0.1, 0.15) is 296 Å². The molecule has 0 amide bonds. The first-order chi connectivity index (χ1) is 48.6. The number of carboxylic acids is 1. The fraction of sp³-hybridized carbons (Fsp3) is 0.611. The molecule has 0 saturated carbocycles. The van der Waals surface area contributed by atoms with Gasteiger partial charge in [-0.2, -0.15) is 0 Å². The third-order valence-electron chi connectivity index (χ3n) is 16.3. The molecule has 0 bridgehead atoms. The van der Waals surface area contributed by atoms with Crippen molar-refractivity contribution in [3.05, 3.63) is 194 Å². The number of likely N-dealkylation sites (N-methyl/N-ethyl adjacent to an activating group) is 1. The molecule has 99 heavy (non-hydrogen) atoms. The van der Waals surface area contributed by atoms with Gasteiger partial charge in [-0.3, -0.25) is 9.59 Å². The van der Waals surface area contributed by atoms with Crippen molar-refractivity contribution >= 4 is 17.9 Å². The first-order valence-corrected chi connectivity index (χ1v) is 39.6. The van der Waals surface area contributed by atoms with E-state index in [2.05, 4.69) is 208 Å². The van der Waals surface area contributed by atoms with E-state index < -0.39 is 24.3 Å². The van der Waals surface area contributed by atoms with Crippen LogP contribution in [0.3, 0.4) is 0 Å². The summed E-state index contributed by atoms with van der Waals surface area (Å²) in [6.45, 7) is 4.64. The van der Waals surface area contributed by atoms with Crippen molar-refractivity contribution in [1.29, 1.82) is 0 Å². The summed E-state index contributed by atoms with van der Waals surface area (Å²) < 4.78 is 23.0. The average molecular weight is 1370 g/mol. The first kappa shape index (κ1) is 93.1. The maximum Gasteiger partial charge on any atom is 0.361 e. The summed E-state index contributed by atoms with van der Waals surface area (Å²) in [5, 5.41) is 9.78. The van der Waals surface area contributed by atoms with E-state index in [4.69, 9.17) is 18.9 Å². The summed E-state index contributed by atoms with van der Waals surface area (Å²) in [7, 11) is 5.97. The molecule has 1 N–H and O–H groups in total. The smallest absolute Gasteiger partial charge is 0.361 e. The quantitative estimate of drug-likeness (QED) is 0.0211. The van der Waals surface area contributed by atoms with E-state index in [1.807, 2.05) is 21.1 Å². The van der Waals surface area contributed by atoms with E-state index in [1.165, 1.54) is 122 Å². The van der Waals surface area contributed by atoms with E-state index in [-0.39, 0.29) is 38.6 Å². The van der Waals surface area contributed by atoms with Crippen molar-refractivity contribution in [3.63, 3.8) is 0 Å². The molecule has 2 atom stereocenters. The van der Waals surface area contributed by atoms with Crippen LogP contribution in [-0.4, -0.2) is 87.4 Å². The van der Waals surface area contributed by atoms with Gasteiger partial charge in [0, 0.05) is 12.8 Å². The van der Waals surface area contributed by atoms with Gasteiger partial charge >= 0.3 is 17.9 Å². The number of ether oxygens (including phenoxy) is 4. The Bertz CT molecular complexity index is 2340. The van der Waals surface area contributed by atoms with E-state index in [0.29, 0.717) is 17.4 Å². The summed E-state index contributed by atoms with van der Waals surface area (Å²) in [4.78, 5) is 37.8. The molecule has 0 aliphatic rings. The number of carboxylic acid groups (broad SMARTS) is 1. The maximum atomic E-state index is 13.0. The molecular weight excluding hydrogens is 1220 g/mol. The Hall–Kier alpha value is -5.87. The lowest BCUT2D eigenvalue weighted by molar-refractivity contribution is -0.870. The van der Waals surface area contributed by atoms with Crippen LogP contribution >= 0.6 is 0 Å². The van der Waals surface area contributed by atoms with Crippen molar-refractivity contribution < 1.29 is 42.9 Å². The number of quaternary nitrogens is 1. The second-order valence-electron chi connectivity index (χ2n) is 26.9. The Balaban J connectivity index is 4.12. The zero-order valence-corrected chi connectivity index (χ0v) is 63.8. The van der Waals surface area contributed by atoms with Crippen LogP contribution in [0.4, 0.5) is 0 Å². The van der Waals surface area contributed by atoms with Crippen molar-refractivity contribution in [1.82, 2.24) is 0 Å². The number of allylic oxidation sites excluding steroid dienone is 32. The van der Waals surface area contributed by atoms with Crippen LogP contribution < -0.4 is 0 Å². The van der Waals surface area contributed by atoms with Crippen LogP contribution in [0.25, 0.3) is 0 Å². The SMILES string of the molecule is CC/C=C\C/C=C\C/C=C\C/C=C\C/C=C\C/C=C\C/C=C\C/C=C\CCCCCCCCCCCCCCC(=O)OCC(COC(OCC[N+](C)(C)C)C(=O)O)OC(=O)CCCCCCCCCCCCCC/C=C\C/C=C\C/C=C\C/C=C\C/C=C\C/C=C\C/C=C\C/C=C\CC. The summed E-state index contributed by atoms with van der Waals surface area (Å²) in [5.74, 6) is -2.02. The number of aliphatic carboxylic acids is 1. The average Bonchev–Trinajstić information content (AvgIpc) is 1.41. The second kappa shape index (κ2) is 77.9. The molecule has 0 aromatic carbocycles. The lowest BCUT2D eigenvalue weighted by Crippen LogP contribution is -2.40. The molecule has 0 saturated heterocycles. The van der Waals surface area contributed by atoms with Crippen molar-refractivity contribution in [3.8, 4) is 0 Å². The Morgan fingerprint density at radius 1 is 0.303 bits per heavy atom. The minimum atomic E-state index is -1.52. The van der Waals surface area contributed by atoms with Crippen LogP contribution in [0.15, 0.2) is 194 Å². The highest BCUT2D eigenvalue weighted by Gasteiger charge is 2.25. The maximum absolute atomic E-state index is 13.0. The van der Waals surface area contributed by atoms with Gasteiger partial charge in [-0.25, -0.2) is 4.79 Å². The molecule has 0 radical (unpaired) electrons. The first-order valence-electron chi connectivity index (χ1n) is 39.6. The lowest BCUT2D eigenvalue weighted by Gasteiger charge is -2.25. The van der Waals surface area contributed by atoms with Crippen LogP contribution in [0, 0.1) is 0 Å². The number of hydrogen-bond donors (Lipinski definition) is 1. The number of unbranched alkanes of at least 4 members (excludes halogenated alkanes) is 24. The van der Waals surface area contributed by atoms with Crippen molar-refractivity contribution in [2.45, 2.75) is 309 Å². The predicted octanol–water partition coefficient (Wildman–Crippen LogP) is 25.7. The van der Waals surface area contributed by atoms with Gasteiger partial charge in [-0.05, 0) is 141 Å². The molecule has 2 unspecified atom stereocenters. The molecule has 0 fully saturated rings. The zero-order chi connectivity index (χ0) is 71.8. The number of rotatable bonds is 71. The largest absolute Gasteiger partial charge is 0.477 e. The number of carbonyl (C=O) groups excluding carboxylic acids is 2. The van der Waals surface area contributed by atoms with Crippen LogP contribution in [0.5, 0.6) is 0 Å². The molecular formula is C90H146NO8+. The minimum Gasteiger partial charge on any atom is -0.477 e. The Morgan fingerprint density at radius 2 is 0.545 bits per heavy atom. The van der Waals surface area contributed by atoms with Gasteiger partial charge < -0.3 is 28.5 Å². The third-order valence-corrected chi connectivity index (χ3v) is 16.3. The summed E-state index contributed by atoms with van der Waals surface area (Å²) in [5.41, 5.74) is 0. The molecule has 0 aliphatic carbocycles. The van der Waals surface area contributed by atoms with Gasteiger partial charge in [0.15, 0.2) is 6.10 Å². The molecule has 0 aliphatic heterocycles. The predicted molar refractivity (Wildman–Crippen MR) is 428 cm³/mol. The normalized spacial score (nSPS) is 13.7. The Labute approximate surface area is 608 Å². The van der Waals surface area contributed by atoms with Gasteiger partial charge in [-0.15, -0.1) is 0 Å². The van der Waals surface area contributed by atoms with Crippen molar-refractivity contribution in [2.24, 2.45) is 0 Å². The Morgan fingerprint density at radius 3 is 0.808 bits per heavy atom. The highest BCUT2D eigenvalue weighted by Crippen LogP contribution is 2.17. The van der Waals surface area contributed by atoms with E-state index in [1.54, 1.807) is 0 Å². The monoisotopic (exact) mass is 1370 g/mol. The highest BCUT2D eigenvalue weighted by molar-refractivity contribution is 5.71. The number of esters is 2. The van der Waals surface area contributed by atoms with Gasteiger partial charge in [0.2, 0.25) is 0 Å². The summed E-state index contributed by atoms with van der Waals surface area (Å²) >= 11 is 0. The summed E-state index contributed by atoms with van der Waals surface area (Å²) in [6.07, 6.45) is 117. The van der Waals surface area contributed by atoms with Crippen LogP contribution in [-0.2, 0) is 33.3 Å². The van der Waals surface area contributed by atoms with Gasteiger partial charge in [0.1, 0.15) is 13.2 Å². The minimum absolute atomic E-state index is 0.179. The molecule has 0 spiro atoms. The van der Waals surface area contributed by atoms with Gasteiger partial charge in [0.05, 0.1) is 34.4 Å². The number of hydrogen-bond acceptors (Lipinski definition) is 7. The fourth-order valence-corrected chi connectivity index (χ4v) is 10.4. The standard InChI is InChI=1S/C90H145NO8/c1-6-8-10-12-14-16-18-20-22-24-26-28-30-32-34-36-38-40-42-44-46-48-50-52-54-56-58-60-62-64-66-68-70-72-74-76-78-80-87(92)97-84-86(85-98-90(89(94)95)96-83-82-91(3,4)5)99-88(93)81-79-77-75-73-71-69-67-65-63-61-59-57-55-53-51-49-47-45-43-41-39-37-35-33-31-29-27-25-23-21-19-17-15-13-11-9-7-2/h8-11,14-17,20-23,26-29,32-35,38-41,44-47,50-53,86,90H,6-7,12-13,18-19,24-25,30-31,36-37,42-43,48-49,54-85H2,1-5H3/p+1/b10-8-,11-9-,16-14-,17-15-,22-20-,23-21-,28-26-,29-27-,34-32-,35-33-,40-38-,41-39-,46-44-,47-45-,52-50-,53-51-. The fourth-order valence-electron chi connectivity index (χ4n) is 10.4. The Kier molecular flexibility index (Phi) is 73.2. The second-order valence-corrected chi connectivity index (χ2v) is 26.9. The lowest BCUT2D eigenvalue weighted by atomic mass is 10.0.